The maximum Gasteiger partial charge on any atom is 0.416 e. The van der Waals surface area contributed by atoms with Crippen molar-refractivity contribution in [2.45, 2.75) is 110 Å². The van der Waals surface area contributed by atoms with E-state index in [9.17, 15) is 37.1 Å². The van der Waals surface area contributed by atoms with Crippen LogP contribution in [0, 0.1) is 22.7 Å². The first-order chi connectivity index (χ1) is 25.6. The van der Waals surface area contributed by atoms with Crippen LogP contribution in [0.25, 0.3) is 0 Å². The van der Waals surface area contributed by atoms with Gasteiger partial charge in [-0.25, -0.2) is 0 Å². The number of likely N-dealkylation sites (tertiary alicyclic amines) is 1. The van der Waals surface area contributed by atoms with Crippen molar-refractivity contribution < 1.29 is 41.9 Å². The molecule has 3 atom stereocenters. The number of pyridine rings is 1. The van der Waals surface area contributed by atoms with Gasteiger partial charge < -0.3 is 25.6 Å². The Balaban J connectivity index is 1.55. The van der Waals surface area contributed by atoms with E-state index in [1.807, 2.05) is 13.8 Å². The van der Waals surface area contributed by atoms with Gasteiger partial charge in [-0.3, -0.25) is 39.8 Å². The maximum atomic E-state index is 13.8. The number of alkyl halides is 3. The summed E-state index contributed by atoms with van der Waals surface area (Å²) in [6.45, 7) is 10.8. The Labute approximate surface area is 323 Å². The summed E-state index contributed by atoms with van der Waals surface area (Å²) in [6, 6.07) is 3.34. The lowest BCUT2D eigenvalue weighted by molar-refractivity contribution is -0.143. The van der Waals surface area contributed by atoms with Crippen molar-refractivity contribution >= 4 is 52.8 Å². The molecule has 0 bridgehead atoms. The van der Waals surface area contributed by atoms with E-state index in [4.69, 9.17) is 27.2 Å². The largest absolute Gasteiger partial charge is 0.417 e. The molecule has 1 aromatic heterocycles. The number of Topliss-reactive ketones (excluding diaryl/α,β-unsaturated/α-hetero) is 1. The zero-order chi connectivity index (χ0) is 41.2. The second-order valence-electron chi connectivity index (χ2n) is 14.8. The Kier molecular flexibility index (Phi) is 15.5. The predicted octanol–water partition coefficient (Wildman–Crippen LogP) is 5.68. The summed E-state index contributed by atoms with van der Waals surface area (Å²) in [5, 5.41) is 25.0. The summed E-state index contributed by atoms with van der Waals surface area (Å²) in [5.41, 5.74) is -1.44. The molecule has 13 nitrogen and oxygen atoms in total. The number of ether oxygens (including phenoxy) is 1. The number of nitrogens with zero attached hydrogens (tertiary/aromatic N) is 2. The Morgan fingerprint density at radius 3 is 2.18 bits per heavy atom. The van der Waals surface area contributed by atoms with Crippen LogP contribution in [-0.2, 0) is 30.1 Å². The van der Waals surface area contributed by atoms with Crippen molar-refractivity contribution in [2.75, 3.05) is 6.54 Å². The minimum Gasteiger partial charge on any atom is -0.417 e. The van der Waals surface area contributed by atoms with Crippen molar-refractivity contribution in [2.24, 2.45) is 11.8 Å². The molecule has 0 aliphatic carbocycles. The highest BCUT2D eigenvalue weighted by molar-refractivity contribution is 6.39. The molecule has 0 spiro atoms. The highest BCUT2D eigenvalue weighted by atomic mass is 35.5. The molecule has 2 heterocycles. The molecule has 1 aliphatic heterocycles. The van der Waals surface area contributed by atoms with Crippen LogP contribution in [0.4, 0.5) is 13.2 Å². The number of carbonyl (C=O) groups excluding carboxylic acids is 5. The Morgan fingerprint density at radius 2 is 1.60 bits per heavy atom. The van der Waals surface area contributed by atoms with Gasteiger partial charge in [-0.2, -0.15) is 13.2 Å². The quantitative estimate of drug-likeness (QED) is 0.0819. The molecule has 1 saturated heterocycles. The van der Waals surface area contributed by atoms with Crippen molar-refractivity contribution in [3.05, 3.63) is 64.4 Å². The van der Waals surface area contributed by atoms with E-state index in [1.165, 1.54) is 17.2 Å². The lowest BCUT2D eigenvalue weighted by Gasteiger charge is -2.31. The molecule has 3 rings (SSSR count). The van der Waals surface area contributed by atoms with Gasteiger partial charge in [0, 0.05) is 35.3 Å². The van der Waals surface area contributed by atoms with Crippen LogP contribution in [0.1, 0.15) is 102 Å². The van der Waals surface area contributed by atoms with Crippen molar-refractivity contribution in [3.63, 3.8) is 0 Å². The number of rotatable bonds is 16. The van der Waals surface area contributed by atoms with E-state index in [0.29, 0.717) is 37.1 Å². The van der Waals surface area contributed by atoms with Gasteiger partial charge in [0.1, 0.15) is 17.8 Å². The van der Waals surface area contributed by atoms with E-state index in [0.717, 1.165) is 24.3 Å². The summed E-state index contributed by atoms with van der Waals surface area (Å²) in [4.78, 5) is 71.6. The van der Waals surface area contributed by atoms with Crippen molar-refractivity contribution in [3.8, 4) is 0 Å². The number of ketones is 1. The topological polar surface area (TPSA) is 194 Å². The number of hydrogen-bond acceptors (Lipinski definition) is 9. The molecule has 5 N–H and O–H groups in total. The minimum absolute atomic E-state index is 0.0968. The minimum atomic E-state index is -4.59. The SMILES string of the molecule is CC(C)C(NC(=O)[C@@H]1CCCN1C(=O)C(NC(=O)CCCCC(C)(C)NC(=O)c1cc(Cl)ccn1)C(C)C)C(=O)C(=N)OC(=N)c1ccc(C(F)(F)F)cc1. The third-order valence-electron chi connectivity index (χ3n) is 9.10. The number of hydrogen-bond donors (Lipinski definition) is 5. The molecular weight excluding hydrogens is 743 g/mol. The normalized spacial score (nSPS) is 15.6. The smallest absolute Gasteiger partial charge is 0.416 e. The van der Waals surface area contributed by atoms with Crippen LogP contribution in [0.3, 0.4) is 0 Å². The molecule has 2 unspecified atom stereocenters. The molecule has 55 heavy (non-hydrogen) atoms. The summed E-state index contributed by atoms with van der Waals surface area (Å²) in [6.07, 6.45) is -0.570. The number of nitrogens with one attached hydrogen (secondary N) is 5. The average molecular weight is 792 g/mol. The molecule has 0 radical (unpaired) electrons. The zero-order valence-corrected chi connectivity index (χ0v) is 32.5. The van der Waals surface area contributed by atoms with Gasteiger partial charge >= 0.3 is 6.18 Å². The number of halogens is 4. The molecule has 0 saturated carbocycles. The van der Waals surface area contributed by atoms with E-state index in [2.05, 4.69) is 20.9 Å². The van der Waals surface area contributed by atoms with E-state index >= 15 is 0 Å². The molecule has 1 fully saturated rings. The fraction of sp³-hybridized carbons (Fsp3) is 0.526. The molecule has 2 aromatic rings. The fourth-order valence-corrected chi connectivity index (χ4v) is 6.16. The standard InChI is InChI=1S/C38H49ClF3N7O6/c1-21(2)29(31(51)33(44)55-32(43)23-12-14-24(15-13-23)38(40,41)42)47-35(53)27-10-9-19-49(27)36(54)30(22(3)4)46-28(50)11-7-8-17-37(5,6)48-34(52)26-20-25(39)16-18-45-26/h12-16,18,20-22,27,29-30,43-44H,7-11,17,19H2,1-6H3,(H,46,50)(H,47,53)(H,48,52)/t27-,29?,30?/m0/s1. The first-order valence-corrected chi connectivity index (χ1v) is 18.4. The zero-order valence-electron chi connectivity index (χ0n) is 31.7. The van der Waals surface area contributed by atoms with E-state index < -0.39 is 70.7 Å². The van der Waals surface area contributed by atoms with Gasteiger partial charge in [-0.15, -0.1) is 0 Å². The third kappa shape index (κ3) is 12.9. The lowest BCUT2D eigenvalue weighted by Crippen LogP contribution is -2.57. The number of carbonyl (C=O) groups is 5. The second kappa shape index (κ2) is 19.1. The summed E-state index contributed by atoms with van der Waals surface area (Å²) in [7, 11) is 0. The summed E-state index contributed by atoms with van der Waals surface area (Å²) >= 11 is 5.97. The highest BCUT2D eigenvalue weighted by Crippen LogP contribution is 2.29. The second-order valence-corrected chi connectivity index (χ2v) is 15.2. The Morgan fingerprint density at radius 1 is 0.964 bits per heavy atom. The summed E-state index contributed by atoms with van der Waals surface area (Å²) < 4.78 is 43.8. The lowest BCUT2D eigenvalue weighted by atomic mass is 9.96. The molecule has 1 aliphatic rings. The number of benzene rings is 1. The number of aromatic nitrogens is 1. The van der Waals surface area contributed by atoms with Crippen LogP contribution >= 0.6 is 11.6 Å². The summed E-state index contributed by atoms with van der Waals surface area (Å²) in [5.74, 6) is -5.35. The molecular formula is C38H49ClF3N7O6. The molecule has 1 aromatic carbocycles. The van der Waals surface area contributed by atoms with Gasteiger partial charge in [0.15, 0.2) is 0 Å². The van der Waals surface area contributed by atoms with E-state index in [-0.39, 0.29) is 42.0 Å². The molecule has 17 heteroatoms. The van der Waals surface area contributed by atoms with Crippen LogP contribution < -0.4 is 16.0 Å². The van der Waals surface area contributed by atoms with Crippen molar-refractivity contribution in [1.82, 2.24) is 25.8 Å². The Bertz CT molecular complexity index is 1750. The first-order valence-electron chi connectivity index (χ1n) is 18.0. The first kappa shape index (κ1) is 44.5. The van der Waals surface area contributed by atoms with Gasteiger partial charge in [0.2, 0.25) is 29.4 Å². The van der Waals surface area contributed by atoms with Gasteiger partial charge in [-0.1, -0.05) is 45.7 Å². The monoisotopic (exact) mass is 791 g/mol. The van der Waals surface area contributed by atoms with Crippen molar-refractivity contribution in [1.29, 1.82) is 10.8 Å². The molecule has 300 valence electrons. The average Bonchev–Trinajstić information content (AvgIpc) is 3.60. The van der Waals surface area contributed by atoms with Crippen LogP contribution in [-0.4, -0.2) is 81.3 Å². The van der Waals surface area contributed by atoms with Gasteiger partial charge in [-0.05, 0) is 87.8 Å². The Hall–Kier alpha value is -4.86. The predicted molar refractivity (Wildman–Crippen MR) is 200 cm³/mol. The highest BCUT2D eigenvalue weighted by Gasteiger charge is 2.40. The number of amides is 4. The van der Waals surface area contributed by atoms with Crippen LogP contribution in [0.2, 0.25) is 5.02 Å². The third-order valence-corrected chi connectivity index (χ3v) is 9.33. The van der Waals surface area contributed by atoms with Crippen LogP contribution in [0.5, 0.6) is 0 Å². The van der Waals surface area contributed by atoms with Crippen LogP contribution in [0.15, 0.2) is 42.6 Å². The number of unbranched alkanes of at least 4 members (excludes halogenated alkanes) is 1. The van der Waals surface area contributed by atoms with E-state index in [1.54, 1.807) is 33.8 Å². The fourth-order valence-electron chi connectivity index (χ4n) is 6.00. The molecule has 4 amide bonds. The van der Waals surface area contributed by atoms with Gasteiger partial charge in [0.25, 0.3) is 11.8 Å². The van der Waals surface area contributed by atoms with Gasteiger partial charge in [0.05, 0.1) is 11.6 Å². The maximum absolute atomic E-state index is 13.8.